The summed E-state index contributed by atoms with van der Waals surface area (Å²) in [6.45, 7) is 7.53. The highest BCUT2D eigenvalue weighted by molar-refractivity contribution is 5.97. The third-order valence-corrected chi connectivity index (χ3v) is 5.76. The largest absolute Gasteiger partial charge is 0.479 e. The van der Waals surface area contributed by atoms with Crippen LogP contribution in [0.5, 0.6) is 0 Å². The molecule has 0 saturated heterocycles. The fourth-order valence-electron chi connectivity index (χ4n) is 4.16. The summed E-state index contributed by atoms with van der Waals surface area (Å²) in [7, 11) is 1.55. The minimum absolute atomic E-state index is 0.245. The lowest BCUT2D eigenvalue weighted by Crippen LogP contribution is -2.33. The van der Waals surface area contributed by atoms with Crippen molar-refractivity contribution in [2.45, 2.75) is 45.9 Å². The molecule has 0 aliphatic heterocycles. The maximum atomic E-state index is 13.6. The first kappa shape index (κ1) is 24.3. The molecule has 182 valence electrons. The second-order valence-corrected chi connectivity index (χ2v) is 9.63. The number of fused-ring (bicyclic) bond motifs is 1. The fourth-order valence-corrected chi connectivity index (χ4v) is 4.16. The number of carboxylic acids is 1. The monoisotopic (exact) mass is 477 g/mol. The third kappa shape index (κ3) is 4.88. The molecule has 8 heteroatoms. The van der Waals surface area contributed by atoms with Crippen molar-refractivity contribution in [2.24, 2.45) is 7.05 Å². The topological polar surface area (TPSA) is 86.3 Å². The Morgan fingerprint density at radius 2 is 1.74 bits per heavy atom. The maximum absolute atomic E-state index is 13.6. The number of aliphatic carboxylic acids is 1. The number of carbonyl (C=O) groups is 1. The van der Waals surface area contributed by atoms with Crippen LogP contribution in [0.15, 0.2) is 59.5 Å². The van der Waals surface area contributed by atoms with E-state index in [0.29, 0.717) is 16.5 Å². The average molecular weight is 478 g/mol. The molecule has 35 heavy (non-hydrogen) atoms. The van der Waals surface area contributed by atoms with Gasteiger partial charge in [-0.1, -0.05) is 42.0 Å². The molecule has 0 aliphatic rings. The molecule has 0 amide bonds. The Hall–Kier alpha value is -3.78. The SMILES string of the molecule is Cc1ccc(-c2c(C(OC(C)(C)C)C(=O)O)n(C)c(=O)c3c2cnn3Cc2ccc(F)cc2)cc1. The van der Waals surface area contributed by atoms with E-state index in [4.69, 9.17) is 4.74 Å². The van der Waals surface area contributed by atoms with Crippen LogP contribution < -0.4 is 5.56 Å². The lowest BCUT2D eigenvalue weighted by Gasteiger charge is -2.28. The molecular formula is C27H28FN3O4. The van der Waals surface area contributed by atoms with Crippen LogP contribution in [0, 0.1) is 12.7 Å². The minimum Gasteiger partial charge on any atom is -0.479 e. The van der Waals surface area contributed by atoms with Crippen LogP contribution in [0.2, 0.25) is 0 Å². The summed E-state index contributed by atoms with van der Waals surface area (Å²) in [4.78, 5) is 26.0. The molecule has 0 radical (unpaired) electrons. The Morgan fingerprint density at radius 3 is 2.31 bits per heavy atom. The first-order valence-corrected chi connectivity index (χ1v) is 11.3. The quantitative estimate of drug-likeness (QED) is 0.430. The normalized spacial score (nSPS) is 12.7. The van der Waals surface area contributed by atoms with Gasteiger partial charge in [0.2, 0.25) is 0 Å². The molecule has 0 spiro atoms. The molecule has 1 N–H and O–H groups in total. The Kier molecular flexibility index (Phi) is 6.34. The van der Waals surface area contributed by atoms with Gasteiger partial charge in [0.1, 0.15) is 11.3 Å². The molecule has 2 aromatic carbocycles. The minimum atomic E-state index is -1.38. The van der Waals surface area contributed by atoms with Crippen molar-refractivity contribution in [3.63, 3.8) is 0 Å². The molecule has 0 aliphatic carbocycles. The number of aromatic nitrogens is 3. The number of halogens is 1. The number of benzene rings is 2. The van der Waals surface area contributed by atoms with Crippen LogP contribution in [0.3, 0.4) is 0 Å². The number of ether oxygens (including phenoxy) is 1. The highest BCUT2D eigenvalue weighted by Gasteiger charge is 2.33. The number of pyridine rings is 1. The highest BCUT2D eigenvalue weighted by atomic mass is 19.1. The van der Waals surface area contributed by atoms with Crippen molar-refractivity contribution in [3.05, 3.63) is 87.7 Å². The lowest BCUT2D eigenvalue weighted by molar-refractivity contribution is -0.161. The van der Waals surface area contributed by atoms with E-state index in [-0.39, 0.29) is 18.1 Å². The molecule has 2 aromatic heterocycles. The van der Waals surface area contributed by atoms with Gasteiger partial charge in [-0.3, -0.25) is 9.48 Å². The van der Waals surface area contributed by atoms with E-state index in [1.54, 1.807) is 50.8 Å². The molecule has 4 aromatic rings. The molecule has 1 atom stereocenters. The Labute approximate surface area is 202 Å². The fraction of sp³-hybridized carbons (Fsp3) is 0.296. The summed E-state index contributed by atoms with van der Waals surface area (Å²) < 4.78 is 22.2. The summed E-state index contributed by atoms with van der Waals surface area (Å²) in [5.74, 6) is -1.54. The first-order valence-electron chi connectivity index (χ1n) is 11.3. The third-order valence-electron chi connectivity index (χ3n) is 5.76. The number of aryl methyl sites for hydroxylation is 1. The van der Waals surface area contributed by atoms with E-state index < -0.39 is 23.2 Å². The number of hydrogen-bond acceptors (Lipinski definition) is 4. The van der Waals surface area contributed by atoms with Gasteiger partial charge in [-0.05, 0) is 51.0 Å². The van der Waals surface area contributed by atoms with E-state index >= 15 is 0 Å². The number of rotatable bonds is 6. The molecule has 0 fully saturated rings. The van der Waals surface area contributed by atoms with Gasteiger partial charge in [-0.15, -0.1) is 0 Å². The number of nitrogens with zero attached hydrogens (tertiary/aromatic N) is 3. The van der Waals surface area contributed by atoms with Gasteiger partial charge in [-0.2, -0.15) is 5.10 Å². The molecular weight excluding hydrogens is 449 g/mol. The van der Waals surface area contributed by atoms with Crippen LogP contribution in [0.4, 0.5) is 4.39 Å². The Bertz CT molecular complexity index is 1450. The molecule has 0 saturated carbocycles. The summed E-state index contributed by atoms with van der Waals surface area (Å²) >= 11 is 0. The van der Waals surface area contributed by atoms with Crippen molar-refractivity contribution >= 4 is 16.9 Å². The van der Waals surface area contributed by atoms with Crippen LogP contribution in [0.25, 0.3) is 22.0 Å². The van der Waals surface area contributed by atoms with Crippen molar-refractivity contribution in [1.29, 1.82) is 0 Å². The van der Waals surface area contributed by atoms with Crippen LogP contribution in [-0.4, -0.2) is 31.0 Å². The standard InChI is InChI=1S/C27H28FN3O4/c1-16-6-10-18(11-7-16)21-20-14-29-31(15-17-8-12-19(28)13-9-17)22(20)25(32)30(5)23(21)24(26(33)34)35-27(2,3)4/h6-14,24H,15H2,1-5H3,(H,33,34). The number of carboxylic acid groups (broad SMARTS) is 1. The van der Waals surface area contributed by atoms with E-state index in [9.17, 15) is 19.1 Å². The van der Waals surface area contributed by atoms with Crippen LogP contribution >= 0.6 is 0 Å². The first-order chi connectivity index (χ1) is 16.5. The van der Waals surface area contributed by atoms with Gasteiger partial charge in [0.25, 0.3) is 5.56 Å². The van der Waals surface area contributed by atoms with Crippen LogP contribution in [0.1, 0.15) is 43.7 Å². The summed E-state index contributed by atoms with van der Waals surface area (Å²) in [5, 5.41) is 15.1. The van der Waals surface area contributed by atoms with Gasteiger partial charge in [-0.25, -0.2) is 9.18 Å². The zero-order valence-corrected chi connectivity index (χ0v) is 20.4. The van der Waals surface area contributed by atoms with Crippen molar-refractivity contribution in [1.82, 2.24) is 14.3 Å². The van der Waals surface area contributed by atoms with Gasteiger partial charge in [0.15, 0.2) is 6.10 Å². The summed E-state index contributed by atoms with van der Waals surface area (Å²) in [5.41, 5.74) is 2.55. The van der Waals surface area contributed by atoms with Gasteiger partial charge < -0.3 is 14.4 Å². The number of hydrogen-bond donors (Lipinski definition) is 1. The van der Waals surface area contributed by atoms with E-state index in [1.165, 1.54) is 16.7 Å². The van der Waals surface area contributed by atoms with Gasteiger partial charge in [0.05, 0.1) is 24.0 Å². The Morgan fingerprint density at radius 1 is 1.11 bits per heavy atom. The zero-order valence-electron chi connectivity index (χ0n) is 20.4. The van der Waals surface area contributed by atoms with Crippen molar-refractivity contribution < 1.29 is 19.0 Å². The van der Waals surface area contributed by atoms with E-state index in [2.05, 4.69) is 5.10 Å². The summed E-state index contributed by atoms with van der Waals surface area (Å²) in [6, 6.07) is 13.6. The highest BCUT2D eigenvalue weighted by Crippen LogP contribution is 2.37. The van der Waals surface area contributed by atoms with Crippen LogP contribution in [-0.2, 0) is 23.1 Å². The second-order valence-electron chi connectivity index (χ2n) is 9.63. The van der Waals surface area contributed by atoms with E-state index in [1.807, 2.05) is 31.2 Å². The molecule has 7 nitrogen and oxygen atoms in total. The lowest BCUT2D eigenvalue weighted by atomic mass is 9.96. The second kappa shape index (κ2) is 9.11. The zero-order chi connectivity index (χ0) is 25.5. The molecule has 2 heterocycles. The predicted molar refractivity (Wildman–Crippen MR) is 132 cm³/mol. The maximum Gasteiger partial charge on any atom is 0.339 e. The summed E-state index contributed by atoms with van der Waals surface area (Å²) in [6.07, 6.45) is 0.198. The molecule has 0 bridgehead atoms. The van der Waals surface area contributed by atoms with Crippen molar-refractivity contribution in [2.75, 3.05) is 0 Å². The van der Waals surface area contributed by atoms with Crippen molar-refractivity contribution in [3.8, 4) is 11.1 Å². The molecule has 4 rings (SSSR count). The molecule has 1 unspecified atom stereocenters. The smallest absolute Gasteiger partial charge is 0.339 e. The average Bonchev–Trinajstić information content (AvgIpc) is 3.19. The predicted octanol–water partition coefficient (Wildman–Crippen LogP) is 4.84. The van der Waals surface area contributed by atoms with Gasteiger partial charge >= 0.3 is 5.97 Å². The van der Waals surface area contributed by atoms with Gasteiger partial charge in [0, 0.05) is 18.0 Å². The Balaban J connectivity index is 2.02. The van der Waals surface area contributed by atoms with E-state index in [0.717, 1.165) is 16.7 Å².